The van der Waals surface area contributed by atoms with E-state index in [1.165, 1.54) is 0 Å². The quantitative estimate of drug-likeness (QED) is 0.778. The van der Waals surface area contributed by atoms with Crippen molar-refractivity contribution < 1.29 is 28.4 Å². The first kappa shape index (κ1) is 19.3. The normalized spacial score (nSPS) is 23.9. The van der Waals surface area contributed by atoms with Crippen LogP contribution in [0, 0.1) is 0 Å². The maximum absolute atomic E-state index is 5.92. The third-order valence-corrected chi connectivity index (χ3v) is 3.48. The lowest BCUT2D eigenvalue weighted by molar-refractivity contribution is -0.0616. The lowest BCUT2D eigenvalue weighted by atomic mass is 10.1. The van der Waals surface area contributed by atoms with E-state index in [4.69, 9.17) is 28.4 Å². The van der Waals surface area contributed by atoms with E-state index in [1.807, 2.05) is 30.3 Å². The maximum Gasteiger partial charge on any atom is 0.106 e. The molecule has 24 heavy (non-hydrogen) atoms. The number of hydrogen-bond donors (Lipinski definition) is 0. The van der Waals surface area contributed by atoms with Crippen molar-refractivity contribution in [2.24, 2.45) is 0 Å². The van der Waals surface area contributed by atoms with Crippen molar-refractivity contribution in [2.45, 2.75) is 6.10 Å². The summed E-state index contributed by atoms with van der Waals surface area (Å²) in [6, 6.07) is 10.1. The van der Waals surface area contributed by atoms with Crippen LogP contribution in [-0.2, 0) is 28.4 Å². The summed E-state index contributed by atoms with van der Waals surface area (Å²) < 4.78 is 33.4. The molecule has 0 saturated carbocycles. The van der Waals surface area contributed by atoms with Gasteiger partial charge >= 0.3 is 0 Å². The first-order valence-electron chi connectivity index (χ1n) is 8.52. The molecule has 2 rings (SSSR count). The van der Waals surface area contributed by atoms with Gasteiger partial charge in [-0.3, -0.25) is 0 Å². The lowest BCUT2D eigenvalue weighted by Gasteiger charge is -2.19. The van der Waals surface area contributed by atoms with E-state index in [0.717, 1.165) is 5.56 Å². The Morgan fingerprint density at radius 2 is 1.00 bits per heavy atom. The van der Waals surface area contributed by atoms with Gasteiger partial charge in [0, 0.05) is 0 Å². The molecule has 0 bridgehead atoms. The summed E-state index contributed by atoms with van der Waals surface area (Å²) in [4.78, 5) is 0. The second kappa shape index (κ2) is 13.3. The van der Waals surface area contributed by atoms with Crippen LogP contribution >= 0.6 is 0 Å². The van der Waals surface area contributed by atoms with Crippen LogP contribution in [0.5, 0.6) is 0 Å². The molecule has 1 aromatic rings. The van der Waals surface area contributed by atoms with Crippen molar-refractivity contribution in [1.29, 1.82) is 0 Å². The zero-order valence-electron chi connectivity index (χ0n) is 14.2. The van der Waals surface area contributed by atoms with Gasteiger partial charge in [0.15, 0.2) is 0 Å². The Morgan fingerprint density at radius 1 is 0.542 bits per heavy atom. The fourth-order valence-corrected chi connectivity index (χ4v) is 2.23. The molecule has 0 unspecified atom stereocenters. The molecular weight excluding hydrogens is 312 g/mol. The van der Waals surface area contributed by atoms with Crippen LogP contribution in [0.3, 0.4) is 0 Å². The molecule has 1 heterocycles. The standard InChI is InChI=1S/C18H28O6/c1-2-4-17(5-3-1)18-16-23-13-12-21-9-8-19-6-7-20-10-11-22-14-15-24-18/h1-5,18H,6-16H2/t18-/m1/s1. The number of ether oxygens (including phenoxy) is 6. The Bertz CT molecular complexity index is 382. The molecule has 1 aliphatic rings. The van der Waals surface area contributed by atoms with Crippen molar-refractivity contribution in [3.63, 3.8) is 0 Å². The minimum absolute atomic E-state index is 0.103. The van der Waals surface area contributed by atoms with E-state index < -0.39 is 0 Å². The van der Waals surface area contributed by atoms with Crippen molar-refractivity contribution in [1.82, 2.24) is 0 Å². The molecule has 6 heteroatoms. The Morgan fingerprint density at radius 3 is 1.54 bits per heavy atom. The minimum atomic E-state index is -0.103. The largest absolute Gasteiger partial charge is 0.377 e. The Kier molecular flexibility index (Phi) is 10.7. The van der Waals surface area contributed by atoms with Gasteiger partial charge in [0.05, 0.1) is 72.7 Å². The summed E-state index contributed by atoms with van der Waals surface area (Å²) >= 11 is 0. The molecule has 0 aromatic heterocycles. The summed E-state index contributed by atoms with van der Waals surface area (Å²) in [7, 11) is 0. The molecule has 1 aliphatic heterocycles. The van der Waals surface area contributed by atoms with Gasteiger partial charge < -0.3 is 28.4 Å². The van der Waals surface area contributed by atoms with Gasteiger partial charge in [-0.2, -0.15) is 0 Å². The van der Waals surface area contributed by atoms with Crippen LogP contribution < -0.4 is 0 Å². The summed E-state index contributed by atoms with van der Waals surface area (Å²) in [5.41, 5.74) is 1.10. The van der Waals surface area contributed by atoms with Crippen molar-refractivity contribution >= 4 is 0 Å². The fourth-order valence-electron chi connectivity index (χ4n) is 2.23. The molecular formula is C18H28O6. The highest BCUT2D eigenvalue weighted by atomic mass is 16.6. The van der Waals surface area contributed by atoms with Crippen LogP contribution in [0.4, 0.5) is 0 Å². The van der Waals surface area contributed by atoms with Gasteiger partial charge in [0.25, 0.3) is 0 Å². The van der Waals surface area contributed by atoms with Crippen LogP contribution in [-0.4, -0.2) is 72.7 Å². The van der Waals surface area contributed by atoms with Gasteiger partial charge in [0.2, 0.25) is 0 Å². The molecule has 0 spiro atoms. The summed E-state index contributed by atoms with van der Waals surface area (Å²) in [5.74, 6) is 0. The third kappa shape index (κ3) is 8.73. The van der Waals surface area contributed by atoms with Crippen molar-refractivity contribution in [3.05, 3.63) is 35.9 Å². The topological polar surface area (TPSA) is 55.4 Å². The molecule has 1 saturated heterocycles. The number of rotatable bonds is 1. The molecule has 1 aromatic carbocycles. The minimum Gasteiger partial charge on any atom is -0.377 e. The van der Waals surface area contributed by atoms with Gasteiger partial charge in [-0.15, -0.1) is 0 Å². The van der Waals surface area contributed by atoms with Crippen molar-refractivity contribution in [3.8, 4) is 0 Å². The number of benzene rings is 1. The van der Waals surface area contributed by atoms with Crippen molar-refractivity contribution in [2.75, 3.05) is 72.7 Å². The van der Waals surface area contributed by atoms with E-state index in [-0.39, 0.29) is 6.10 Å². The average molecular weight is 340 g/mol. The zero-order valence-corrected chi connectivity index (χ0v) is 14.2. The predicted octanol–water partition coefficient (Wildman–Crippen LogP) is 1.84. The molecule has 0 N–H and O–H groups in total. The lowest BCUT2D eigenvalue weighted by Crippen LogP contribution is -2.19. The van der Waals surface area contributed by atoms with E-state index in [0.29, 0.717) is 72.7 Å². The fraction of sp³-hybridized carbons (Fsp3) is 0.667. The maximum atomic E-state index is 5.92. The predicted molar refractivity (Wildman–Crippen MR) is 89.2 cm³/mol. The first-order valence-corrected chi connectivity index (χ1v) is 8.52. The van der Waals surface area contributed by atoms with Gasteiger partial charge in [-0.05, 0) is 5.56 Å². The smallest absolute Gasteiger partial charge is 0.106 e. The Hall–Kier alpha value is -1.02. The Balaban J connectivity index is 1.77. The van der Waals surface area contributed by atoms with Gasteiger partial charge in [-0.1, -0.05) is 30.3 Å². The second-order valence-corrected chi connectivity index (χ2v) is 5.29. The SMILES string of the molecule is c1ccc([C@H]2COCCOCCOCCOCCOCCO2)cc1. The highest BCUT2D eigenvalue weighted by molar-refractivity contribution is 5.17. The molecule has 0 amide bonds. The van der Waals surface area contributed by atoms with Gasteiger partial charge in [-0.25, -0.2) is 0 Å². The van der Waals surface area contributed by atoms with E-state index >= 15 is 0 Å². The van der Waals surface area contributed by atoms with Crippen LogP contribution in [0.25, 0.3) is 0 Å². The van der Waals surface area contributed by atoms with Crippen LogP contribution in [0.2, 0.25) is 0 Å². The van der Waals surface area contributed by atoms with Crippen LogP contribution in [0.15, 0.2) is 30.3 Å². The van der Waals surface area contributed by atoms with Gasteiger partial charge in [0.1, 0.15) is 6.10 Å². The van der Waals surface area contributed by atoms with E-state index in [1.54, 1.807) is 0 Å². The monoisotopic (exact) mass is 340 g/mol. The molecule has 136 valence electrons. The van der Waals surface area contributed by atoms with E-state index in [2.05, 4.69) is 0 Å². The highest BCUT2D eigenvalue weighted by Gasteiger charge is 2.12. The molecule has 6 nitrogen and oxygen atoms in total. The summed E-state index contributed by atoms with van der Waals surface area (Å²) in [5, 5.41) is 0. The molecule has 1 atom stereocenters. The van der Waals surface area contributed by atoms with E-state index in [9.17, 15) is 0 Å². The number of hydrogen-bond acceptors (Lipinski definition) is 6. The average Bonchev–Trinajstić information content (AvgIpc) is 2.62. The third-order valence-electron chi connectivity index (χ3n) is 3.48. The zero-order chi connectivity index (χ0) is 16.7. The highest BCUT2D eigenvalue weighted by Crippen LogP contribution is 2.17. The molecule has 1 fully saturated rings. The molecule has 0 aliphatic carbocycles. The summed E-state index contributed by atoms with van der Waals surface area (Å²) in [6.07, 6.45) is -0.103. The first-order chi connectivity index (χ1) is 12.0. The molecule has 0 radical (unpaired) electrons. The Labute approximate surface area is 143 Å². The second-order valence-electron chi connectivity index (χ2n) is 5.29. The summed E-state index contributed by atoms with van der Waals surface area (Å²) in [6.45, 7) is 6.00. The van der Waals surface area contributed by atoms with Crippen LogP contribution in [0.1, 0.15) is 11.7 Å².